The highest BCUT2D eigenvalue weighted by Gasteiger charge is 2.06. The molecule has 0 aliphatic rings. The van der Waals surface area contributed by atoms with Crippen LogP contribution >= 0.6 is 0 Å². The van der Waals surface area contributed by atoms with Crippen molar-refractivity contribution in [2.45, 2.75) is 19.9 Å². The van der Waals surface area contributed by atoms with Gasteiger partial charge in [0, 0.05) is 24.9 Å². The van der Waals surface area contributed by atoms with E-state index in [0.717, 1.165) is 5.69 Å². The van der Waals surface area contributed by atoms with Gasteiger partial charge in [-0.3, -0.25) is 0 Å². The summed E-state index contributed by atoms with van der Waals surface area (Å²) in [6.45, 7) is 4.84. The summed E-state index contributed by atoms with van der Waals surface area (Å²) in [4.78, 5) is 0. The maximum atomic E-state index is 13.5. The topological polar surface area (TPSA) is 30.5 Å². The molecule has 3 nitrogen and oxygen atoms in total. The molecule has 0 amide bonds. The molecule has 0 heterocycles. The molecule has 0 aromatic heterocycles. The molecule has 0 bridgehead atoms. The lowest BCUT2D eigenvalue weighted by Gasteiger charge is -2.14. The number of nitrogens with one attached hydrogen (secondary N) is 1. The van der Waals surface area contributed by atoms with Gasteiger partial charge in [-0.2, -0.15) is 0 Å². The Bertz CT molecular complexity index is 331. The minimum absolute atomic E-state index is 0.141. The highest BCUT2D eigenvalue weighted by atomic mass is 19.1. The van der Waals surface area contributed by atoms with Crippen LogP contribution < -0.4 is 10.1 Å². The van der Waals surface area contributed by atoms with Crippen LogP contribution in [0.25, 0.3) is 0 Å². The summed E-state index contributed by atoms with van der Waals surface area (Å²) in [5, 5.41) is 3.13. The van der Waals surface area contributed by atoms with E-state index < -0.39 is 0 Å². The summed E-state index contributed by atoms with van der Waals surface area (Å²) in [5.74, 6) is -0.0658. The maximum Gasteiger partial charge on any atom is 0.167 e. The Morgan fingerprint density at radius 2 is 2.19 bits per heavy atom. The Morgan fingerprint density at radius 1 is 1.44 bits per heavy atom. The third kappa shape index (κ3) is 3.70. The molecule has 0 saturated carbocycles. The molecule has 1 atom stereocenters. The average molecular weight is 227 g/mol. The zero-order valence-corrected chi connectivity index (χ0v) is 9.92. The van der Waals surface area contributed by atoms with Gasteiger partial charge in [0.15, 0.2) is 11.6 Å². The molecule has 0 saturated heterocycles. The highest BCUT2D eigenvalue weighted by molar-refractivity contribution is 5.47. The van der Waals surface area contributed by atoms with E-state index in [4.69, 9.17) is 9.47 Å². The van der Waals surface area contributed by atoms with Crippen molar-refractivity contribution >= 4 is 5.69 Å². The van der Waals surface area contributed by atoms with E-state index in [1.54, 1.807) is 19.2 Å². The van der Waals surface area contributed by atoms with E-state index in [1.165, 1.54) is 6.07 Å². The van der Waals surface area contributed by atoms with Crippen molar-refractivity contribution in [2.75, 3.05) is 25.6 Å². The van der Waals surface area contributed by atoms with Crippen LogP contribution in [-0.2, 0) is 4.74 Å². The molecule has 0 aliphatic carbocycles. The Morgan fingerprint density at radius 3 is 2.75 bits per heavy atom. The number of halogens is 1. The summed E-state index contributed by atoms with van der Waals surface area (Å²) in [6.07, 6.45) is 0. The number of anilines is 1. The van der Waals surface area contributed by atoms with E-state index in [9.17, 15) is 4.39 Å². The molecule has 1 unspecified atom stereocenters. The van der Waals surface area contributed by atoms with Crippen molar-refractivity contribution in [3.05, 3.63) is 24.0 Å². The van der Waals surface area contributed by atoms with Crippen molar-refractivity contribution in [1.29, 1.82) is 0 Å². The third-order valence-corrected chi connectivity index (χ3v) is 2.06. The van der Waals surface area contributed by atoms with Crippen LogP contribution in [0.4, 0.5) is 10.1 Å². The zero-order chi connectivity index (χ0) is 12.0. The van der Waals surface area contributed by atoms with E-state index in [-0.39, 0.29) is 17.6 Å². The van der Waals surface area contributed by atoms with Gasteiger partial charge in [0.1, 0.15) is 0 Å². The van der Waals surface area contributed by atoms with Gasteiger partial charge in [-0.1, -0.05) is 0 Å². The molecule has 1 aromatic rings. The Balaban J connectivity index is 2.65. The van der Waals surface area contributed by atoms with Crippen molar-refractivity contribution in [2.24, 2.45) is 0 Å². The molecule has 1 N–H and O–H groups in total. The molecular weight excluding hydrogens is 209 g/mol. The second-order valence-electron chi connectivity index (χ2n) is 3.58. The molecule has 1 aromatic carbocycles. The van der Waals surface area contributed by atoms with Crippen LogP contribution in [0.2, 0.25) is 0 Å². The van der Waals surface area contributed by atoms with Crippen LogP contribution in [0.5, 0.6) is 5.75 Å². The normalized spacial score (nSPS) is 12.2. The standard InChI is InChI=1S/C12H18FNO2/c1-4-16-12-6-5-10(7-11(12)13)14-9(2)8-15-3/h5-7,9,14H,4,8H2,1-3H3. The van der Waals surface area contributed by atoms with Gasteiger partial charge in [-0.05, 0) is 26.0 Å². The number of benzene rings is 1. The van der Waals surface area contributed by atoms with Crippen molar-refractivity contribution in [3.63, 3.8) is 0 Å². The predicted octanol–water partition coefficient (Wildman–Crippen LogP) is 2.67. The van der Waals surface area contributed by atoms with Crippen LogP contribution in [0.15, 0.2) is 18.2 Å². The molecule has 0 spiro atoms. The van der Waals surface area contributed by atoms with Gasteiger partial charge in [-0.25, -0.2) is 4.39 Å². The van der Waals surface area contributed by atoms with Gasteiger partial charge in [-0.15, -0.1) is 0 Å². The third-order valence-electron chi connectivity index (χ3n) is 2.06. The quantitative estimate of drug-likeness (QED) is 0.810. The Hall–Kier alpha value is -1.29. The molecule has 16 heavy (non-hydrogen) atoms. The number of hydrogen-bond donors (Lipinski definition) is 1. The fourth-order valence-corrected chi connectivity index (χ4v) is 1.44. The summed E-state index contributed by atoms with van der Waals surface area (Å²) in [5.41, 5.74) is 0.727. The Kier molecular flexibility index (Phi) is 5.05. The van der Waals surface area contributed by atoms with E-state index in [2.05, 4.69) is 5.32 Å². The van der Waals surface area contributed by atoms with Gasteiger partial charge in [0.25, 0.3) is 0 Å². The van der Waals surface area contributed by atoms with E-state index >= 15 is 0 Å². The van der Waals surface area contributed by atoms with Gasteiger partial charge in [0.05, 0.1) is 13.2 Å². The Labute approximate surface area is 95.6 Å². The molecule has 90 valence electrons. The number of hydrogen-bond acceptors (Lipinski definition) is 3. The zero-order valence-electron chi connectivity index (χ0n) is 9.92. The van der Waals surface area contributed by atoms with Gasteiger partial charge < -0.3 is 14.8 Å². The average Bonchev–Trinajstić information content (AvgIpc) is 2.22. The minimum atomic E-state index is -0.350. The molecule has 0 fully saturated rings. The number of methoxy groups -OCH3 is 1. The minimum Gasteiger partial charge on any atom is -0.491 e. The first-order valence-electron chi connectivity index (χ1n) is 5.35. The van der Waals surface area contributed by atoms with Gasteiger partial charge >= 0.3 is 0 Å². The summed E-state index contributed by atoms with van der Waals surface area (Å²) in [6, 6.07) is 4.99. The lowest BCUT2D eigenvalue weighted by molar-refractivity contribution is 0.190. The lowest BCUT2D eigenvalue weighted by atomic mass is 10.2. The largest absolute Gasteiger partial charge is 0.491 e. The molecule has 0 aliphatic heterocycles. The van der Waals surface area contributed by atoms with Crippen LogP contribution in [0.1, 0.15) is 13.8 Å². The molecule has 4 heteroatoms. The van der Waals surface area contributed by atoms with Crippen LogP contribution in [0.3, 0.4) is 0 Å². The van der Waals surface area contributed by atoms with Crippen molar-refractivity contribution < 1.29 is 13.9 Å². The first-order chi connectivity index (χ1) is 7.67. The van der Waals surface area contributed by atoms with Crippen molar-refractivity contribution in [1.82, 2.24) is 0 Å². The fraction of sp³-hybridized carbons (Fsp3) is 0.500. The van der Waals surface area contributed by atoms with Crippen molar-refractivity contribution in [3.8, 4) is 5.75 Å². The summed E-state index contributed by atoms with van der Waals surface area (Å²) < 4.78 is 23.6. The number of rotatable bonds is 6. The summed E-state index contributed by atoms with van der Waals surface area (Å²) >= 11 is 0. The molecule has 0 radical (unpaired) electrons. The van der Waals surface area contributed by atoms with Gasteiger partial charge in [0.2, 0.25) is 0 Å². The summed E-state index contributed by atoms with van der Waals surface area (Å²) in [7, 11) is 1.64. The molecule has 1 rings (SSSR count). The van der Waals surface area contributed by atoms with Crippen LogP contribution in [0, 0.1) is 5.82 Å². The second-order valence-corrected chi connectivity index (χ2v) is 3.58. The van der Waals surface area contributed by atoms with E-state index in [1.807, 2.05) is 13.8 Å². The lowest BCUT2D eigenvalue weighted by Crippen LogP contribution is -2.20. The molecular formula is C12H18FNO2. The number of ether oxygens (including phenoxy) is 2. The second kappa shape index (κ2) is 6.33. The monoisotopic (exact) mass is 227 g/mol. The van der Waals surface area contributed by atoms with Crippen LogP contribution in [-0.4, -0.2) is 26.4 Å². The van der Waals surface area contributed by atoms with E-state index in [0.29, 0.717) is 13.2 Å². The first kappa shape index (κ1) is 12.8. The highest BCUT2D eigenvalue weighted by Crippen LogP contribution is 2.21. The first-order valence-corrected chi connectivity index (χ1v) is 5.35. The maximum absolute atomic E-state index is 13.5. The SMILES string of the molecule is CCOc1ccc(NC(C)COC)cc1F. The predicted molar refractivity (Wildman–Crippen MR) is 62.5 cm³/mol. The smallest absolute Gasteiger partial charge is 0.167 e. The fourth-order valence-electron chi connectivity index (χ4n) is 1.44.